The zero-order valence-electron chi connectivity index (χ0n) is 27.6. The highest BCUT2D eigenvalue weighted by atomic mass is 79.9. The Balaban J connectivity index is 1.51. The highest BCUT2D eigenvalue weighted by molar-refractivity contribution is 9.09. The van der Waals surface area contributed by atoms with Gasteiger partial charge in [-0.15, -0.1) is 13.2 Å². The van der Waals surface area contributed by atoms with Crippen molar-refractivity contribution < 1.29 is 33.8 Å². The summed E-state index contributed by atoms with van der Waals surface area (Å²) in [5.41, 5.74) is 1.89. The number of aryl methyl sites for hydroxylation is 2. The molecule has 3 heterocycles. The fourth-order valence-corrected chi connectivity index (χ4v) is 8.59. The third-order valence-corrected chi connectivity index (χ3v) is 10.6. The molecule has 2 aromatic rings. The number of aliphatic hydroxyl groups excluding tert-OH is 1. The third-order valence-electron chi connectivity index (χ3n) is 9.77. The van der Waals surface area contributed by atoms with Crippen LogP contribution < -0.4 is 10.2 Å². The zero-order valence-corrected chi connectivity index (χ0v) is 29.2. The number of para-hydroxylation sites is 1. The number of ether oxygens (including phenoxy) is 2. The summed E-state index contributed by atoms with van der Waals surface area (Å²) in [5, 5.41) is 13.4. The van der Waals surface area contributed by atoms with Crippen molar-refractivity contribution in [3.63, 3.8) is 0 Å². The van der Waals surface area contributed by atoms with Gasteiger partial charge in [-0.05, 0) is 50.3 Å². The lowest BCUT2D eigenvalue weighted by molar-refractivity contribution is -0.146. The third kappa shape index (κ3) is 6.35. The molecule has 48 heavy (non-hydrogen) atoms. The van der Waals surface area contributed by atoms with Crippen molar-refractivity contribution in [2.45, 2.75) is 74.7 Å². The largest absolute Gasteiger partial charge is 0.463 e. The summed E-state index contributed by atoms with van der Waals surface area (Å²) in [6.45, 7) is 12.8. The summed E-state index contributed by atoms with van der Waals surface area (Å²) in [5.74, 6) is -3.56. The number of anilines is 1. The molecule has 3 saturated heterocycles. The maximum Gasteiger partial charge on any atom is 0.306 e. The average molecular weight is 723 g/mol. The monoisotopic (exact) mass is 721 g/mol. The predicted octanol–water partition coefficient (Wildman–Crippen LogP) is 4.32. The number of esters is 1. The van der Waals surface area contributed by atoms with Crippen LogP contribution in [0.25, 0.3) is 0 Å². The van der Waals surface area contributed by atoms with Crippen molar-refractivity contribution in [1.82, 2.24) is 10.2 Å². The van der Waals surface area contributed by atoms with Crippen molar-refractivity contribution in [2.75, 3.05) is 24.7 Å². The molecule has 2 aromatic carbocycles. The quantitative estimate of drug-likeness (QED) is 0.169. The lowest BCUT2D eigenvalue weighted by Gasteiger charge is -2.39. The number of carbonyl (C=O) groups is 4. The molecular formula is C37H44BrN3O7. The molecule has 3 aliphatic rings. The number of hydrogen-bond acceptors (Lipinski definition) is 7. The molecule has 2 bridgehead atoms. The molecule has 5 rings (SSSR count). The summed E-state index contributed by atoms with van der Waals surface area (Å²) in [6, 6.07) is 12.4. The van der Waals surface area contributed by atoms with Crippen molar-refractivity contribution in [3.05, 3.63) is 90.5 Å². The van der Waals surface area contributed by atoms with Gasteiger partial charge in [0.1, 0.15) is 18.2 Å². The van der Waals surface area contributed by atoms with E-state index in [4.69, 9.17) is 9.47 Å². The van der Waals surface area contributed by atoms with Crippen LogP contribution in [0.1, 0.15) is 48.9 Å². The normalized spacial score (nSPS) is 26.8. The second-order valence-corrected chi connectivity index (χ2v) is 14.1. The summed E-state index contributed by atoms with van der Waals surface area (Å²) in [4.78, 5) is 58.8. The maximum atomic E-state index is 14.9. The van der Waals surface area contributed by atoms with Crippen LogP contribution >= 0.6 is 15.9 Å². The van der Waals surface area contributed by atoms with Gasteiger partial charge in [-0.3, -0.25) is 19.2 Å². The average Bonchev–Trinajstić information content (AvgIpc) is 3.67. The van der Waals surface area contributed by atoms with Gasteiger partial charge in [-0.1, -0.05) is 76.6 Å². The lowest BCUT2D eigenvalue weighted by Crippen LogP contribution is -2.59. The Labute approximate surface area is 290 Å². The number of aliphatic hydroxyl groups is 1. The van der Waals surface area contributed by atoms with Gasteiger partial charge in [0.25, 0.3) is 5.91 Å². The Bertz CT molecular complexity index is 1550. The predicted molar refractivity (Wildman–Crippen MR) is 185 cm³/mol. The standard InChI is InChI=1S/C37H44BrN3O7/c1-6-8-17-28(43)47-21-27(25-15-10-9-11-16-25)39-34(44)29-30-35(45)41(24(5)20-42)33(37(30)19-26(38)32(29)48-37)36(46)40(18-7-2)31-22(3)13-12-14-23(31)4/h6-7,9-16,24,26-27,29-30,32-33,42H,1-2,8,17-21H2,3-5H3,(H,39,44)/t24-,26?,27+,29-,30+,32-,33-,37+/m1/s1. The summed E-state index contributed by atoms with van der Waals surface area (Å²) in [6.07, 6.45) is 3.54. The van der Waals surface area contributed by atoms with E-state index in [0.717, 1.165) is 22.4 Å². The molecule has 256 valence electrons. The number of amides is 3. The van der Waals surface area contributed by atoms with Gasteiger partial charge in [0.15, 0.2) is 0 Å². The molecule has 0 aromatic heterocycles. The van der Waals surface area contributed by atoms with Crippen LogP contribution in [0.3, 0.4) is 0 Å². The van der Waals surface area contributed by atoms with Gasteiger partial charge < -0.3 is 29.7 Å². The minimum Gasteiger partial charge on any atom is -0.463 e. The minimum atomic E-state index is -1.33. The Morgan fingerprint density at radius 3 is 2.46 bits per heavy atom. The molecule has 0 saturated carbocycles. The Morgan fingerprint density at radius 2 is 1.83 bits per heavy atom. The van der Waals surface area contributed by atoms with E-state index >= 15 is 0 Å². The fraction of sp³-hybridized carbons (Fsp3) is 0.459. The van der Waals surface area contributed by atoms with Crippen LogP contribution in [0.15, 0.2) is 73.8 Å². The molecule has 1 unspecified atom stereocenters. The van der Waals surface area contributed by atoms with Gasteiger partial charge in [0, 0.05) is 23.5 Å². The molecule has 8 atom stereocenters. The highest BCUT2D eigenvalue weighted by Crippen LogP contribution is 2.60. The van der Waals surface area contributed by atoms with Crippen molar-refractivity contribution in [2.24, 2.45) is 11.8 Å². The number of rotatable bonds is 14. The Morgan fingerprint density at radius 1 is 1.15 bits per heavy atom. The van der Waals surface area contributed by atoms with E-state index in [9.17, 15) is 24.3 Å². The summed E-state index contributed by atoms with van der Waals surface area (Å²) in [7, 11) is 0. The number of allylic oxidation sites excluding steroid dienone is 1. The number of nitrogens with zero attached hydrogens (tertiary/aromatic N) is 2. The molecule has 3 fully saturated rings. The number of alkyl halides is 1. The van der Waals surface area contributed by atoms with E-state index in [1.807, 2.05) is 62.4 Å². The number of nitrogens with one attached hydrogen (secondary N) is 1. The number of halogens is 1. The van der Waals surface area contributed by atoms with Gasteiger partial charge in [0.05, 0.1) is 36.6 Å². The fourth-order valence-electron chi connectivity index (χ4n) is 7.65. The first-order chi connectivity index (χ1) is 23.0. The highest BCUT2D eigenvalue weighted by Gasteiger charge is 2.77. The van der Waals surface area contributed by atoms with Gasteiger partial charge in [-0.25, -0.2) is 0 Å². The molecule has 1 spiro atoms. The SMILES string of the molecule is C=CCCC(=O)OC[C@H](NC(=O)[C@H]1[C@@H]2O[C@@]3(CC2Br)[C@@H]1C(=O)N([C@H](C)CO)[C@@H]3C(=O)N(CC=C)c1c(C)cccc1C)c1ccccc1. The van der Waals surface area contributed by atoms with Crippen molar-refractivity contribution >= 4 is 45.3 Å². The smallest absolute Gasteiger partial charge is 0.306 e. The van der Waals surface area contributed by atoms with Crippen molar-refractivity contribution in [1.29, 1.82) is 0 Å². The molecule has 11 heteroatoms. The second kappa shape index (κ2) is 14.8. The van der Waals surface area contributed by atoms with Crippen LogP contribution in [0.5, 0.6) is 0 Å². The van der Waals surface area contributed by atoms with E-state index in [-0.39, 0.29) is 36.9 Å². The molecule has 2 N–H and O–H groups in total. The number of hydrogen-bond donors (Lipinski definition) is 2. The van der Waals surface area contributed by atoms with Crippen LogP contribution in [-0.4, -0.2) is 82.1 Å². The van der Waals surface area contributed by atoms with Crippen molar-refractivity contribution in [3.8, 4) is 0 Å². The summed E-state index contributed by atoms with van der Waals surface area (Å²) >= 11 is 3.72. The van der Waals surface area contributed by atoms with E-state index in [1.54, 1.807) is 24.0 Å². The van der Waals surface area contributed by atoms with E-state index in [0.29, 0.717) is 12.8 Å². The maximum absolute atomic E-state index is 14.9. The Kier molecular flexibility index (Phi) is 10.9. The van der Waals surface area contributed by atoms with Gasteiger partial charge >= 0.3 is 5.97 Å². The van der Waals surface area contributed by atoms with Crippen LogP contribution in [-0.2, 0) is 28.7 Å². The molecule has 0 radical (unpaired) electrons. The minimum absolute atomic E-state index is 0.105. The zero-order chi connectivity index (χ0) is 34.7. The van der Waals surface area contributed by atoms with E-state index in [1.165, 1.54) is 4.90 Å². The van der Waals surface area contributed by atoms with Crippen LogP contribution in [0, 0.1) is 25.7 Å². The molecular weight excluding hydrogens is 678 g/mol. The number of benzene rings is 2. The lowest BCUT2D eigenvalue weighted by atomic mass is 9.70. The van der Waals surface area contributed by atoms with E-state index < -0.39 is 59.5 Å². The first-order valence-corrected chi connectivity index (χ1v) is 17.3. The molecule has 0 aliphatic carbocycles. The van der Waals surface area contributed by atoms with Gasteiger partial charge in [0.2, 0.25) is 11.8 Å². The van der Waals surface area contributed by atoms with Gasteiger partial charge in [-0.2, -0.15) is 0 Å². The van der Waals surface area contributed by atoms with E-state index in [2.05, 4.69) is 34.4 Å². The number of likely N-dealkylation sites (tertiary alicyclic amines) is 1. The number of fused-ring (bicyclic) bond motifs is 1. The molecule has 10 nitrogen and oxygen atoms in total. The Hall–Kier alpha value is -3.80. The summed E-state index contributed by atoms with van der Waals surface area (Å²) < 4.78 is 12.2. The first kappa shape index (κ1) is 35.5. The molecule has 3 aliphatic heterocycles. The second-order valence-electron chi connectivity index (χ2n) is 12.9. The topological polar surface area (TPSA) is 125 Å². The molecule has 3 amide bonds. The number of carbonyl (C=O) groups excluding carboxylic acids is 4. The van der Waals surface area contributed by atoms with Crippen LogP contribution in [0.4, 0.5) is 5.69 Å². The van der Waals surface area contributed by atoms with Crippen LogP contribution in [0.2, 0.25) is 0 Å². The first-order valence-electron chi connectivity index (χ1n) is 16.4.